The number of esters is 1. The molecule has 0 aromatic carbocycles. The Kier molecular flexibility index (Phi) is 9.92. The average Bonchev–Trinajstić information content (AvgIpc) is 2.35. The van der Waals surface area contributed by atoms with Crippen molar-refractivity contribution < 1.29 is 24.5 Å². The highest BCUT2D eigenvalue weighted by Crippen LogP contribution is 2.17. The van der Waals surface area contributed by atoms with Crippen molar-refractivity contribution in [2.75, 3.05) is 19.8 Å². The van der Waals surface area contributed by atoms with Gasteiger partial charge in [-0.3, -0.25) is 4.79 Å². The van der Waals surface area contributed by atoms with E-state index in [1.165, 1.54) is 0 Å². The second-order valence-electron chi connectivity index (χ2n) is 4.62. The molecule has 2 N–H and O–H groups in total. The van der Waals surface area contributed by atoms with Crippen LogP contribution in [0.4, 0.5) is 0 Å². The quantitative estimate of drug-likeness (QED) is 0.353. The van der Waals surface area contributed by atoms with Gasteiger partial charge in [-0.25, -0.2) is 0 Å². The zero-order chi connectivity index (χ0) is 14.0. The number of carbonyl (C=O) groups excluding carboxylic acids is 1. The second kappa shape index (κ2) is 10.3. The number of hydrogen-bond acceptors (Lipinski definition) is 5. The summed E-state index contributed by atoms with van der Waals surface area (Å²) >= 11 is 0. The summed E-state index contributed by atoms with van der Waals surface area (Å²) in [5, 5.41) is 18.2. The lowest BCUT2D eigenvalue weighted by Crippen LogP contribution is -2.27. The van der Waals surface area contributed by atoms with E-state index in [1.54, 1.807) is 13.8 Å². The maximum atomic E-state index is 11.6. The third-order valence-electron chi connectivity index (χ3n) is 2.74. The number of aliphatic hydroxyl groups is 2. The second-order valence-corrected chi connectivity index (χ2v) is 4.62. The zero-order valence-corrected chi connectivity index (χ0v) is 11.6. The van der Waals surface area contributed by atoms with Crippen LogP contribution in [0.2, 0.25) is 0 Å². The Hall–Kier alpha value is -0.650. The summed E-state index contributed by atoms with van der Waals surface area (Å²) in [6, 6.07) is 0. The van der Waals surface area contributed by atoms with Crippen molar-refractivity contribution >= 4 is 5.97 Å². The van der Waals surface area contributed by atoms with Crippen molar-refractivity contribution in [3.8, 4) is 0 Å². The van der Waals surface area contributed by atoms with Crippen LogP contribution in [0.5, 0.6) is 0 Å². The minimum absolute atomic E-state index is 0.0980. The zero-order valence-electron chi connectivity index (χ0n) is 11.6. The van der Waals surface area contributed by atoms with Crippen molar-refractivity contribution in [3.05, 3.63) is 0 Å². The summed E-state index contributed by atoms with van der Waals surface area (Å²) in [4.78, 5) is 11.6. The summed E-state index contributed by atoms with van der Waals surface area (Å²) in [5.74, 6) is -0.667. The largest absolute Gasteiger partial charge is 0.465 e. The third kappa shape index (κ3) is 7.63. The van der Waals surface area contributed by atoms with Gasteiger partial charge in [-0.05, 0) is 12.8 Å². The molecule has 0 aliphatic rings. The van der Waals surface area contributed by atoms with E-state index in [0.717, 1.165) is 12.8 Å². The van der Waals surface area contributed by atoms with E-state index in [2.05, 4.69) is 0 Å². The number of carbonyl (C=O) groups is 1. The van der Waals surface area contributed by atoms with Gasteiger partial charge in [0.2, 0.25) is 0 Å². The van der Waals surface area contributed by atoms with Crippen molar-refractivity contribution in [2.24, 2.45) is 11.8 Å². The molecule has 3 unspecified atom stereocenters. The first-order valence-electron chi connectivity index (χ1n) is 6.60. The molecule has 108 valence electrons. The van der Waals surface area contributed by atoms with Crippen LogP contribution in [0.3, 0.4) is 0 Å². The van der Waals surface area contributed by atoms with Gasteiger partial charge in [0.1, 0.15) is 0 Å². The lowest BCUT2D eigenvalue weighted by Gasteiger charge is -2.21. The maximum absolute atomic E-state index is 11.6. The molecular weight excluding hydrogens is 236 g/mol. The van der Waals surface area contributed by atoms with E-state index in [9.17, 15) is 9.90 Å². The molecule has 0 radical (unpaired) electrons. The van der Waals surface area contributed by atoms with Crippen LogP contribution in [0.15, 0.2) is 0 Å². The van der Waals surface area contributed by atoms with Gasteiger partial charge in [0.05, 0.1) is 25.7 Å². The predicted molar refractivity (Wildman–Crippen MR) is 67.9 cm³/mol. The molecule has 0 amide bonds. The first kappa shape index (κ1) is 17.4. The van der Waals surface area contributed by atoms with Crippen LogP contribution >= 0.6 is 0 Å². The van der Waals surface area contributed by atoms with Gasteiger partial charge >= 0.3 is 5.97 Å². The van der Waals surface area contributed by atoms with Crippen LogP contribution < -0.4 is 0 Å². The highest BCUT2D eigenvalue weighted by molar-refractivity contribution is 5.71. The molecule has 0 aromatic heterocycles. The summed E-state index contributed by atoms with van der Waals surface area (Å²) in [6.45, 7) is 6.05. The summed E-state index contributed by atoms with van der Waals surface area (Å²) in [6.07, 6.45) is 1.41. The van der Waals surface area contributed by atoms with Crippen molar-refractivity contribution in [2.45, 2.75) is 46.3 Å². The van der Waals surface area contributed by atoms with Crippen molar-refractivity contribution in [1.29, 1.82) is 0 Å². The molecule has 0 bridgehead atoms. The van der Waals surface area contributed by atoms with Gasteiger partial charge in [-0.1, -0.05) is 27.2 Å². The number of ether oxygens (including phenoxy) is 2. The Morgan fingerprint density at radius 1 is 1.28 bits per heavy atom. The van der Waals surface area contributed by atoms with Crippen LogP contribution in [0.1, 0.15) is 40.0 Å². The molecule has 0 aliphatic carbocycles. The lowest BCUT2D eigenvalue weighted by atomic mass is 9.97. The first-order valence-corrected chi connectivity index (χ1v) is 6.60. The molecule has 18 heavy (non-hydrogen) atoms. The minimum Gasteiger partial charge on any atom is -0.465 e. The van der Waals surface area contributed by atoms with Gasteiger partial charge in [-0.2, -0.15) is 0 Å². The van der Waals surface area contributed by atoms with E-state index in [4.69, 9.17) is 14.6 Å². The highest BCUT2D eigenvalue weighted by atomic mass is 16.6. The van der Waals surface area contributed by atoms with Gasteiger partial charge in [0.15, 0.2) is 6.29 Å². The molecule has 0 saturated carbocycles. The van der Waals surface area contributed by atoms with E-state index in [0.29, 0.717) is 13.0 Å². The molecule has 0 fully saturated rings. The van der Waals surface area contributed by atoms with Gasteiger partial charge in [0, 0.05) is 5.92 Å². The molecule has 0 aromatic rings. The SMILES string of the molecule is CCCCOC(=O)C(C)CC(C)C(O)OCCO. The summed E-state index contributed by atoms with van der Waals surface area (Å²) in [7, 11) is 0. The Labute approximate surface area is 109 Å². The van der Waals surface area contributed by atoms with Crippen LogP contribution in [-0.4, -0.2) is 42.3 Å². The molecular formula is C13H26O5. The topological polar surface area (TPSA) is 76.0 Å². The Balaban J connectivity index is 3.90. The Bertz CT molecular complexity index is 219. The maximum Gasteiger partial charge on any atom is 0.308 e. The number of aliphatic hydroxyl groups excluding tert-OH is 2. The summed E-state index contributed by atoms with van der Waals surface area (Å²) in [5.41, 5.74) is 0. The van der Waals surface area contributed by atoms with Crippen LogP contribution in [-0.2, 0) is 14.3 Å². The van der Waals surface area contributed by atoms with Gasteiger partial charge in [-0.15, -0.1) is 0 Å². The standard InChI is InChI=1S/C13H26O5/c1-4-5-7-17-12(15)10(2)9-11(3)13(16)18-8-6-14/h10-11,13-14,16H,4-9H2,1-3H3. The fraction of sp³-hybridized carbons (Fsp3) is 0.923. The monoisotopic (exact) mass is 262 g/mol. The average molecular weight is 262 g/mol. The normalized spacial score (nSPS) is 16.1. The molecule has 0 heterocycles. The summed E-state index contributed by atoms with van der Waals surface area (Å²) < 4.78 is 10.1. The van der Waals surface area contributed by atoms with Crippen molar-refractivity contribution in [1.82, 2.24) is 0 Å². The molecule has 0 rings (SSSR count). The highest BCUT2D eigenvalue weighted by Gasteiger charge is 2.22. The predicted octanol–water partition coefficient (Wildman–Crippen LogP) is 1.32. The molecule has 3 atom stereocenters. The van der Waals surface area contributed by atoms with Crippen molar-refractivity contribution in [3.63, 3.8) is 0 Å². The Morgan fingerprint density at radius 3 is 2.50 bits per heavy atom. The van der Waals surface area contributed by atoms with E-state index in [-0.39, 0.29) is 31.0 Å². The first-order chi connectivity index (χ1) is 8.52. The number of rotatable bonds is 10. The molecule has 5 heteroatoms. The van der Waals surface area contributed by atoms with E-state index < -0.39 is 6.29 Å². The fourth-order valence-electron chi connectivity index (χ4n) is 1.57. The molecule has 5 nitrogen and oxygen atoms in total. The van der Waals surface area contributed by atoms with E-state index in [1.807, 2.05) is 6.92 Å². The van der Waals surface area contributed by atoms with Gasteiger partial charge < -0.3 is 19.7 Å². The minimum atomic E-state index is -0.956. The molecule has 0 aliphatic heterocycles. The smallest absolute Gasteiger partial charge is 0.308 e. The molecule has 0 spiro atoms. The Morgan fingerprint density at radius 2 is 1.94 bits per heavy atom. The van der Waals surface area contributed by atoms with Crippen LogP contribution in [0.25, 0.3) is 0 Å². The lowest BCUT2D eigenvalue weighted by molar-refractivity contribution is -0.154. The number of unbranched alkanes of at least 4 members (excludes halogenated alkanes) is 1. The fourth-order valence-corrected chi connectivity index (χ4v) is 1.57. The van der Waals surface area contributed by atoms with Crippen LogP contribution in [0, 0.1) is 11.8 Å². The van der Waals surface area contributed by atoms with Gasteiger partial charge in [0.25, 0.3) is 0 Å². The number of hydrogen-bond donors (Lipinski definition) is 2. The molecule has 0 saturated heterocycles. The third-order valence-corrected chi connectivity index (χ3v) is 2.74. The van der Waals surface area contributed by atoms with E-state index >= 15 is 0 Å².